The molecule has 2 rings (SSSR count). The molecule has 2 aromatic rings. The molecule has 0 saturated carbocycles. The Hall–Kier alpha value is -1.87. The molecule has 0 atom stereocenters. The molecule has 0 amide bonds. The average Bonchev–Trinajstić information content (AvgIpc) is 2.39. The van der Waals surface area contributed by atoms with Gasteiger partial charge in [-0.1, -0.05) is 38.5 Å². The molecule has 3 nitrogen and oxygen atoms in total. The van der Waals surface area contributed by atoms with E-state index < -0.39 is 0 Å². The standard InChI is InChI=1S/C18H23NO2/c1-12-6-7-16(15(8-12)18(3,4)5)21-17-10-14(11-20)9-13(2)19-17/h6-10,20H,11H2,1-5H3. The van der Waals surface area contributed by atoms with Crippen molar-refractivity contribution in [1.29, 1.82) is 0 Å². The van der Waals surface area contributed by atoms with Gasteiger partial charge < -0.3 is 9.84 Å². The summed E-state index contributed by atoms with van der Waals surface area (Å²) >= 11 is 0. The number of benzene rings is 1. The van der Waals surface area contributed by atoms with E-state index in [0.29, 0.717) is 5.88 Å². The number of aliphatic hydroxyl groups is 1. The lowest BCUT2D eigenvalue weighted by molar-refractivity contribution is 0.281. The van der Waals surface area contributed by atoms with Crippen LogP contribution in [0, 0.1) is 13.8 Å². The highest BCUT2D eigenvalue weighted by Crippen LogP contribution is 2.34. The van der Waals surface area contributed by atoms with Gasteiger partial charge in [0, 0.05) is 17.3 Å². The fourth-order valence-electron chi connectivity index (χ4n) is 2.28. The summed E-state index contributed by atoms with van der Waals surface area (Å²) in [7, 11) is 0. The molecule has 0 aliphatic carbocycles. The summed E-state index contributed by atoms with van der Waals surface area (Å²) in [6.45, 7) is 10.5. The number of aryl methyl sites for hydroxylation is 2. The summed E-state index contributed by atoms with van der Waals surface area (Å²) in [6, 6.07) is 9.80. The number of rotatable bonds is 3. The van der Waals surface area contributed by atoms with Gasteiger partial charge in [0.25, 0.3) is 0 Å². The summed E-state index contributed by atoms with van der Waals surface area (Å²) in [4.78, 5) is 4.39. The Kier molecular flexibility index (Phi) is 4.33. The van der Waals surface area contributed by atoms with Crippen molar-refractivity contribution < 1.29 is 9.84 Å². The van der Waals surface area contributed by atoms with E-state index in [-0.39, 0.29) is 12.0 Å². The zero-order valence-electron chi connectivity index (χ0n) is 13.4. The molecular formula is C18H23NO2. The first-order valence-electron chi connectivity index (χ1n) is 7.17. The van der Waals surface area contributed by atoms with Crippen LogP contribution < -0.4 is 4.74 Å². The predicted molar refractivity (Wildman–Crippen MR) is 84.8 cm³/mol. The van der Waals surface area contributed by atoms with Gasteiger partial charge in [-0.25, -0.2) is 4.98 Å². The van der Waals surface area contributed by atoms with Gasteiger partial charge in [0.05, 0.1) is 6.61 Å². The van der Waals surface area contributed by atoms with E-state index in [0.717, 1.165) is 22.6 Å². The van der Waals surface area contributed by atoms with Crippen LogP contribution in [0.25, 0.3) is 0 Å². The smallest absolute Gasteiger partial charge is 0.219 e. The number of hydrogen-bond donors (Lipinski definition) is 1. The van der Waals surface area contributed by atoms with E-state index in [1.165, 1.54) is 5.56 Å². The number of hydrogen-bond acceptors (Lipinski definition) is 3. The van der Waals surface area contributed by atoms with Gasteiger partial charge in [-0.15, -0.1) is 0 Å². The van der Waals surface area contributed by atoms with Crippen LogP contribution in [-0.4, -0.2) is 10.1 Å². The van der Waals surface area contributed by atoms with Crippen molar-refractivity contribution in [3.63, 3.8) is 0 Å². The highest BCUT2D eigenvalue weighted by atomic mass is 16.5. The van der Waals surface area contributed by atoms with Crippen molar-refractivity contribution in [2.24, 2.45) is 0 Å². The summed E-state index contributed by atoms with van der Waals surface area (Å²) in [5, 5.41) is 9.29. The number of aromatic nitrogens is 1. The Morgan fingerprint density at radius 1 is 1.10 bits per heavy atom. The quantitative estimate of drug-likeness (QED) is 0.915. The van der Waals surface area contributed by atoms with Gasteiger partial charge in [-0.05, 0) is 37.0 Å². The summed E-state index contributed by atoms with van der Waals surface area (Å²) in [6.07, 6.45) is 0. The minimum atomic E-state index is -0.0141. The van der Waals surface area contributed by atoms with Crippen LogP contribution in [0.5, 0.6) is 11.6 Å². The Bertz CT molecular complexity index is 642. The van der Waals surface area contributed by atoms with Crippen molar-refractivity contribution in [1.82, 2.24) is 4.98 Å². The molecule has 21 heavy (non-hydrogen) atoms. The molecule has 0 aliphatic rings. The van der Waals surface area contributed by atoms with Crippen molar-refractivity contribution in [3.05, 3.63) is 52.7 Å². The second kappa shape index (κ2) is 5.86. The van der Waals surface area contributed by atoms with E-state index in [1.54, 1.807) is 6.07 Å². The van der Waals surface area contributed by atoms with Gasteiger partial charge in [0.2, 0.25) is 5.88 Å². The first-order valence-corrected chi connectivity index (χ1v) is 7.17. The zero-order chi connectivity index (χ0) is 15.6. The number of ether oxygens (including phenoxy) is 1. The lowest BCUT2D eigenvalue weighted by Crippen LogP contribution is -2.13. The number of nitrogens with zero attached hydrogens (tertiary/aromatic N) is 1. The first-order chi connectivity index (χ1) is 9.79. The van der Waals surface area contributed by atoms with E-state index in [4.69, 9.17) is 4.74 Å². The second-order valence-electron chi connectivity index (χ2n) is 6.46. The van der Waals surface area contributed by atoms with E-state index >= 15 is 0 Å². The molecule has 3 heteroatoms. The monoisotopic (exact) mass is 285 g/mol. The van der Waals surface area contributed by atoms with Crippen molar-refractivity contribution in [3.8, 4) is 11.6 Å². The third-order valence-corrected chi connectivity index (χ3v) is 3.33. The third kappa shape index (κ3) is 3.82. The van der Waals surface area contributed by atoms with Gasteiger partial charge in [0.1, 0.15) is 5.75 Å². The number of pyridine rings is 1. The fraction of sp³-hybridized carbons (Fsp3) is 0.389. The van der Waals surface area contributed by atoms with Gasteiger partial charge in [0.15, 0.2) is 0 Å². The first kappa shape index (κ1) is 15.5. The largest absolute Gasteiger partial charge is 0.439 e. The lowest BCUT2D eigenvalue weighted by atomic mass is 9.85. The number of aliphatic hydroxyl groups excluding tert-OH is 1. The molecule has 0 bridgehead atoms. The molecule has 0 spiro atoms. The van der Waals surface area contributed by atoms with Crippen LogP contribution in [0.2, 0.25) is 0 Å². The maximum Gasteiger partial charge on any atom is 0.219 e. The highest BCUT2D eigenvalue weighted by molar-refractivity contribution is 5.43. The van der Waals surface area contributed by atoms with Crippen LogP contribution >= 0.6 is 0 Å². The minimum Gasteiger partial charge on any atom is -0.439 e. The second-order valence-corrected chi connectivity index (χ2v) is 6.46. The Labute approximate surface area is 126 Å². The zero-order valence-corrected chi connectivity index (χ0v) is 13.4. The van der Waals surface area contributed by atoms with E-state index in [2.05, 4.69) is 38.7 Å². The average molecular weight is 285 g/mol. The van der Waals surface area contributed by atoms with E-state index in [1.807, 2.05) is 25.1 Å². The minimum absolute atomic E-state index is 0.00894. The molecule has 1 aromatic carbocycles. The SMILES string of the molecule is Cc1ccc(Oc2cc(CO)cc(C)n2)c(C(C)(C)C)c1. The Morgan fingerprint density at radius 3 is 2.43 bits per heavy atom. The maximum absolute atomic E-state index is 9.29. The molecule has 0 unspecified atom stereocenters. The van der Waals surface area contributed by atoms with Crippen LogP contribution in [0.15, 0.2) is 30.3 Å². The molecule has 0 radical (unpaired) electrons. The van der Waals surface area contributed by atoms with Crippen LogP contribution in [-0.2, 0) is 12.0 Å². The molecule has 0 saturated heterocycles. The third-order valence-electron chi connectivity index (χ3n) is 3.33. The summed E-state index contributed by atoms with van der Waals surface area (Å²) in [5.41, 5.74) is 3.99. The van der Waals surface area contributed by atoms with Crippen LogP contribution in [0.1, 0.15) is 43.2 Å². The topological polar surface area (TPSA) is 42.4 Å². The van der Waals surface area contributed by atoms with Crippen LogP contribution in [0.3, 0.4) is 0 Å². The van der Waals surface area contributed by atoms with Crippen molar-refractivity contribution in [2.75, 3.05) is 0 Å². The Morgan fingerprint density at radius 2 is 1.81 bits per heavy atom. The summed E-state index contributed by atoms with van der Waals surface area (Å²) < 4.78 is 5.99. The van der Waals surface area contributed by atoms with Crippen molar-refractivity contribution >= 4 is 0 Å². The maximum atomic E-state index is 9.29. The Balaban J connectivity index is 2.42. The molecule has 0 aliphatic heterocycles. The van der Waals surface area contributed by atoms with Gasteiger partial charge >= 0.3 is 0 Å². The predicted octanol–water partition coefficient (Wildman–Crippen LogP) is 4.28. The molecular weight excluding hydrogens is 262 g/mol. The molecule has 1 aromatic heterocycles. The van der Waals surface area contributed by atoms with E-state index in [9.17, 15) is 5.11 Å². The molecule has 1 N–H and O–H groups in total. The molecule has 1 heterocycles. The van der Waals surface area contributed by atoms with Gasteiger partial charge in [-0.2, -0.15) is 0 Å². The molecule has 0 fully saturated rings. The summed E-state index contributed by atoms with van der Waals surface area (Å²) in [5.74, 6) is 1.34. The van der Waals surface area contributed by atoms with Crippen molar-refractivity contribution in [2.45, 2.75) is 46.6 Å². The van der Waals surface area contributed by atoms with Crippen LogP contribution in [0.4, 0.5) is 0 Å². The highest BCUT2D eigenvalue weighted by Gasteiger charge is 2.20. The fourth-order valence-corrected chi connectivity index (χ4v) is 2.28. The normalized spacial score (nSPS) is 11.5. The molecule has 112 valence electrons. The van der Waals surface area contributed by atoms with Gasteiger partial charge in [-0.3, -0.25) is 0 Å². The lowest BCUT2D eigenvalue weighted by Gasteiger charge is -2.23.